The zero-order valence-electron chi connectivity index (χ0n) is 14.6. The van der Waals surface area contributed by atoms with Crippen molar-refractivity contribution in [3.05, 3.63) is 52.9 Å². The van der Waals surface area contributed by atoms with Gasteiger partial charge in [-0.15, -0.1) is 0 Å². The van der Waals surface area contributed by atoms with E-state index in [2.05, 4.69) is 0 Å². The summed E-state index contributed by atoms with van der Waals surface area (Å²) in [4.78, 5) is 25.1. The Morgan fingerprint density at radius 2 is 2.07 bits per heavy atom. The van der Waals surface area contributed by atoms with E-state index in [-0.39, 0.29) is 17.4 Å². The van der Waals surface area contributed by atoms with Crippen LogP contribution in [0.5, 0.6) is 17.2 Å². The van der Waals surface area contributed by atoms with E-state index in [4.69, 9.17) is 21.7 Å². The molecule has 0 bridgehead atoms. The van der Waals surface area contributed by atoms with Gasteiger partial charge in [-0.25, -0.2) is 0 Å². The van der Waals surface area contributed by atoms with E-state index in [0.29, 0.717) is 26.2 Å². The lowest BCUT2D eigenvalue weighted by Gasteiger charge is -2.14. The molecule has 0 spiro atoms. The first-order valence-corrected chi connectivity index (χ1v) is 9.19. The number of carboxylic acid groups (broad SMARTS) is 1. The van der Waals surface area contributed by atoms with Crippen LogP contribution in [0.4, 0.5) is 5.69 Å². The van der Waals surface area contributed by atoms with E-state index < -0.39 is 12.6 Å². The molecule has 3 rings (SSSR count). The highest BCUT2D eigenvalue weighted by Crippen LogP contribution is 2.37. The number of aliphatic carboxylic acids is 1. The highest BCUT2D eigenvalue weighted by atomic mass is 32.2. The molecule has 1 heterocycles. The number of thioether (sulfide) groups is 1. The minimum Gasteiger partial charge on any atom is -0.546 e. The van der Waals surface area contributed by atoms with Gasteiger partial charge >= 0.3 is 0 Å². The number of amides is 1. The molecule has 7 nitrogen and oxygen atoms in total. The van der Waals surface area contributed by atoms with Crippen LogP contribution in [0.2, 0.25) is 0 Å². The van der Waals surface area contributed by atoms with E-state index in [9.17, 15) is 19.8 Å². The number of carboxylic acids is 1. The first-order valence-electron chi connectivity index (χ1n) is 7.96. The third-order valence-corrected chi connectivity index (χ3v) is 5.01. The van der Waals surface area contributed by atoms with Gasteiger partial charge in [0, 0.05) is 6.07 Å². The summed E-state index contributed by atoms with van der Waals surface area (Å²) in [5.74, 6) is -1.05. The van der Waals surface area contributed by atoms with Crippen molar-refractivity contribution >= 4 is 51.9 Å². The van der Waals surface area contributed by atoms with Gasteiger partial charge in [-0.2, -0.15) is 0 Å². The molecule has 1 saturated heterocycles. The third kappa shape index (κ3) is 4.26. The van der Waals surface area contributed by atoms with Gasteiger partial charge in [-0.05, 0) is 35.9 Å². The topological polar surface area (TPSA) is 99.1 Å². The predicted octanol–water partition coefficient (Wildman–Crippen LogP) is 1.94. The highest BCUT2D eigenvalue weighted by Gasteiger charge is 2.33. The van der Waals surface area contributed by atoms with Gasteiger partial charge in [0.05, 0.1) is 23.7 Å². The quantitative estimate of drug-likeness (QED) is 0.563. The molecule has 0 saturated carbocycles. The van der Waals surface area contributed by atoms with E-state index in [1.165, 1.54) is 24.1 Å². The van der Waals surface area contributed by atoms with E-state index in [1.54, 1.807) is 36.4 Å². The fraction of sp³-hybridized carbons (Fsp3) is 0.105. The van der Waals surface area contributed by atoms with Crippen LogP contribution < -0.4 is 19.5 Å². The number of hydrogen-bond donors (Lipinski definition) is 1. The maximum atomic E-state index is 12.8. The minimum absolute atomic E-state index is 0.0346. The van der Waals surface area contributed by atoms with Crippen molar-refractivity contribution in [2.24, 2.45) is 0 Å². The smallest absolute Gasteiger partial charge is 0.270 e. The van der Waals surface area contributed by atoms with Crippen LogP contribution in [0.3, 0.4) is 0 Å². The molecular formula is C19H14NO6S2-. The molecule has 0 aromatic heterocycles. The molecule has 1 fully saturated rings. The van der Waals surface area contributed by atoms with E-state index >= 15 is 0 Å². The fourth-order valence-corrected chi connectivity index (χ4v) is 3.80. The number of phenols is 1. The minimum atomic E-state index is -1.35. The second kappa shape index (κ2) is 8.32. The molecule has 0 atom stereocenters. The second-order valence-electron chi connectivity index (χ2n) is 5.61. The van der Waals surface area contributed by atoms with Crippen molar-refractivity contribution in [2.75, 3.05) is 18.6 Å². The fourth-order valence-electron chi connectivity index (χ4n) is 2.50. The summed E-state index contributed by atoms with van der Waals surface area (Å²) in [6, 6.07) is 11.1. The predicted molar refractivity (Wildman–Crippen MR) is 107 cm³/mol. The summed E-state index contributed by atoms with van der Waals surface area (Å²) < 4.78 is 10.7. The van der Waals surface area contributed by atoms with E-state index in [0.717, 1.165) is 11.8 Å². The lowest BCUT2D eigenvalue weighted by molar-refractivity contribution is -0.307. The summed E-state index contributed by atoms with van der Waals surface area (Å²) in [5, 5.41) is 20.2. The molecule has 0 unspecified atom stereocenters. The molecule has 2 aromatic carbocycles. The van der Waals surface area contributed by atoms with Crippen LogP contribution in [0.25, 0.3) is 6.08 Å². The standard InChI is InChI=1S/C19H15NO6S2/c1-25-15-7-11(5-6-14(15)26-10-17(22)23)8-16-18(24)20(19(27)28-16)12-3-2-4-13(21)9-12/h2-9,21H,10H2,1H3,(H,22,23)/p-1/b16-8-. The van der Waals surface area contributed by atoms with Crippen LogP contribution in [0.1, 0.15) is 5.56 Å². The largest absolute Gasteiger partial charge is 0.546 e. The average Bonchev–Trinajstić information content (AvgIpc) is 2.93. The molecule has 144 valence electrons. The lowest BCUT2D eigenvalue weighted by Crippen LogP contribution is -2.29. The summed E-state index contributed by atoms with van der Waals surface area (Å²) in [6.07, 6.45) is 1.65. The van der Waals surface area contributed by atoms with Gasteiger partial charge in [0.2, 0.25) is 0 Å². The highest BCUT2D eigenvalue weighted by molar-refractivity contribution is 8.27. The first-order chi connectivity index (χ1) is 13.4. The summed E-state index contributed by atoms with van der Waals surface area (Å²) >= 11 is 6.44. The molecule has 1 N–H and O–H groups in total. The number of nitrogens with zero attached hydrogens (tertiary/aromatic N) is 1. The zero-order chi connectivity index (χ0) is 20.3. The number of carbonyl (C=O) groups is 2. The Bertz CT molecular complexity index is 988. The molecule has 9 heteroatoms. The van der Waals surface area contributed by atoms with Gasteiger partial charge in [-0.1, -0.05) is 36.1 Å². The maximum Gasteiger partial charge on any atom is 0.270 e. The summed E-state index contributed by atoms with van der Waals surface area (Å²) in [5.41, 5.74) is 1.13. The summed E-state index contributed by atoms with van der Waals surface area (Å²) in [6.45, 7) is -0.599. The van der Waals surface area contributed by atoms with E-state index in [1.807, 2.05) is 0 Å². The number of aromatic hydroxyl groups is 1. The maximum absolute atomic E-state index is 12.8. The zero-order valence-corrected chi connectivity index (χ0v) is 16.2. The first kappa shape index (κ1) is 19.7. The van der Waals surface area contributed by atoms with Crippen molar-refractivity contribution in [3.8, 4) is 17.2 Å². The molecule has 0 aliphatic carbocycles. The van der Waals surface area contributed by atoms with Crippen molar-refractivity contribution in [2.45, 2.75) is 0 Å². The monoisotopic (exact) mass is 416 g/mol. The molecule has 1 aliphatic rings. The molecule has 28 heavy (non-hydrogen) atoms. The van der Waals surface area contributed by atoms with Crippen LogP contribution >= 0.6 is 24.0 Å². The van der Waals surface area contributed by atoms with Crippen molar-refractivity contribution in [3.63, 3.8) is 0 Å². The molecule has 2 aromatic rings. The van der Waals surface area contributed by atoms with Crippen molar-refractivity contribution in [1.29, 1.82) is 0 Å². The Labute approximate surface area is 170 Å². The van der Waals surface area contributed by atoms with Crippen LogP contribution in [-0.4, -0.2) is 35.0 Å². The molecule has 1 aliphatic heterocycles. The Balaban J connectivity index is 1.86. The Morgan fingerprint density at radius 3 is 2.75 bits per heavy atom. The van der Waals surface area contributed by atoms with Gasteiger partial charge in [0.1, 0.15) is 12.4 Å². The third-order valence-electron chi connectivity index (χ3n) is 3.71. The molecule has 0 radical (unpaired) electrons. The van der Waals surface area contributed by atoms with Gasteiger partial charge in [-0.3, -0.25) is 9.69 Å². The Kier molecular flexibility index (Phi) is 5.86. The number of methoxy groups -OCH3 is 1. The number of benzene rings is 2. The number of carbonyl (C=O) groups excluding carboxylic acids is 2. The number of ether oxygens (including phenoxy) is 2. The van der Waals surface area contributed by atoms with Crippen LogP contribution in [0.15, 0.2) is 47.4 Å². The second-order valence-corrected chi connectivity index (χ2v) is 7.28. The van der Waals surface area contributed by atoms with Crippen molar-refractivity contribution in [1.82, 2.24) is 0 Å². The number of phenolic OH excluding ortho intramolecular Hbond substituents is 1. The number of anilines is 1. The SMILES string of the molecule is COc1cc(/C=C2\SC(=S)N(c3cccc(O)c3)C2=O)ccc1OCC(=O)[O-]. The number of thiocarbonyl (C=S) groups is 1. The lowest BCUT2D eigenvalue weighted by atomic mass is 10.2. The van der Waals surface area contributed by atoms with Gasteiger partial charge in [0.25, 0.3) is 5.91 Å². The van der Waals surface area contributed by atoms with Crippen LogP contribution in [-0.2, 0) is 9.59 Å². The Hall–Kier alpha value is -3.04. The van der Waals surface area contributed by atoms with Crippen molar-refractivity contribution < 1.29 is 29.3 Å². The van der Waals surface area contributed by atoms with Gasteiger partial charge in [0.15, 0.2) is 15.8 Å². The molecular weight excluding hydrogens is 402 g/mol. The van der Waals surface area contributed by atoms with Gasteiger partial charge < -0.3 is 24.5 Å². The molecule has 1 amide bonds. The number of rotatable bonds is 6. The summed E-state index contributed by atoms with van der Waals surface area (Å²) in [7, 11) is 1.42. The van der Waals surface area contributed by atoms with Crippen LogP contribution in [0, 0.1) is 0 Å². The average molecular weight is 416 g/mol. The number of hydrogen-bond acceptors (Lipinski definition) is 8. The normalized spacial score (nSPS) is 15.2. The Morgan fingerprint density at radius 1 is 1.29 bits per heavy atom.